The van der Waals surface area contributed by atoms with E-state index in [0.29, 0.717) is 37.6 Å². The summed E-state index contributed by atoms with van der Waals surface area (Å²) < 4.78 is 23.0. The van der Waals surface area contributed by atoms with Gasteiger partial charge in [0.1, 0.15) is 0 Å². The van der Waals surface area contributed by atoms with Crippen molar-refractivity contribution in [3.8, 4) is 0 Å². The van der Waals surface area contributed by atoms with Crippen LogP contribution < -0.4 is 10.6 Å². The molecule has 2 heterocycles. The van der Waals surface area contributed by atoms with Crippen molar-refractivity contribution in [2.45, 2.75) is 39.8 Å². The van der Waals surface area contributed by atoms with Crippen LogP contribution in [-0.2, 0) is 9.84 Å². The molecule has 0 radical (unpaired) electrons. The van der Waals surface area contributed by atoms with Gasteiger partial charge in [-0.1, -0.05) is 6.92 Å². The second-order valence-electron chi connectivity index (χ2n) is 7.53. The third-order valence-corrected chi connectivity index (χ3v) is 6.77. The predicted molar refractivity (Wildman–Crippen MR) is 104 cm³/mol. The molecule has 0 spiro atoms. The van der Waals surface area contributed by atoms with E-state index in [0.717, 1.165) is 32.1 Å². The van der Waals surface area contributed by atoms with Crippen LogP contribution in [-0.4, -0.2) is 93.6 Å². The third kappa shape index (κ3) is 6.42. The minimum atomic E-state index is -2.81. The summed E-state index contributed by atoms with van der Waals surface area (Å²) in [5.41, 5.74) is 0. The summed E-state index contributed by atoms with van der Waals surface area (Å²) in [4.78, 5) is 9.38. The maximum atomic E-state index is 11.5. The van der Waals surface area contributed by atoms with E-state index in [1.807, 2.05) is 0 Å². The number of aliphatic imine (C=N–C) groups is 1. The van der Waals surface area contributed by atoms with Gasteiger partial charge in [-0.15, -0.1) is 0 Å². The van der Waals surface area contributed by atoms with Gasteiger partial charge in [0, 0.05) is 51.4 Å². The second kappa shape index (κ2) is 9.19. The monoisotopic (exact) mass is 373 g/mol. The zero-order valence-corrected chi connectivity index (χ0v) is 17.0. The summed E-state index contributed by atoms with van der Waals surface area (Å²) >= 11 is 0. The Morgan fingerprint density at radius 3 is 2.48 bits per heavy atom. The molecule has 2 unspecified atom stereocenters. The molecule has 0 bridgehead atoms. The Bertz CT molecular complexity index is 535. The van der Waals surface area contributed by atoms with Crippen molar-refractivity contribution in [1.82, 2.24) is 20.4 Å². The van der Waals surface area contributed by atoms with Crippen LogP contribution in [0.3, 0.4) is 0 Å². The Kier molecular flexibility index (Phi) is 7.51. The maximum absolute atomic E-state index is 11.5. The van der Waals surface area contributed by atoms with Crippen LogP contribution in [0.1, 0.15) is 27.7 Å². The average Bonchev–Trinajstić information content (AvgIpc) is 2.90. The summed E-state index contributed by atoms with van der Waals surface area (Å²) in [6, 6.07) is 0.990. The molecule has 0 aliphatic carbocycles. The quantitative estimate of drug-likeness (QED) is 0.504. The number of hydrogen-bond acceptors (Lipinski definition) is 5. The van der Waals surface area contributed by atoms with E-state index in [1.54, 1.807) is 0 Å². The first-order valence-electron chi connectivity index (χ1n) is 9.52. The van der Waals surface area contributed by atoms with E-state index in [4.69, 9.17) is 4.99 Å². The normalized spacial score (nSPS) is 28.4. The Morgan fingerprint density at radius 1 is 1.24 bits per heavy atom. The molecule has 0 saturated carbocycles. The van der Waals surface area contributed by atoms with Crippen molar-refractivity contribution in [1.29, 1.82) is 0 Å². The van der Waals surface area contributed by atoms with E-state index in [-0.39, 0.29) is 11.5 Å². The van der Waals surface area contributed by atoms with Gasteiger partial charge < -0.3 is 10.6 Å². The molecule has 0 amide bonds. The van der Waals surface area contributed by atoms with Gasteiger partial charge in [-0.25, -0.2) is 8.42 Å². The van der Waals surface area contributed by atoms with Crippen LogP contribution in [0.5, 0.6) is 0 Å². The number of nitrogens with zero attached hydrogens (tertiary/aromatic N) is 3. The van der Waals surface area contributed by atoms with Crippen LogP contribution in [0.15, 0.2) is 4.99 Å². The van der Waals surface area contributed by atoms with Crippen molar-refractivity contribution in [2.24, 2.45) is 10.9 Å². The lowest BCUT2D eigenvalue weighted by Crippen LogP contribution is -2.47. The van der Waals surface area contributed by atoms with Crippen LogP contribution in [0.25, 0.3) is 0 Å². The van der Waals surface area contributed by atoms with Crippen molar-refractivity contribution < 1.29 is 8.42 Å². The number of nitrogens with one attached hydrogen (secondary N) is 2. The Balaban J connectivity index is 1.82. The number of hydrogen-bond donors (Lipinski definition) is 2. The van der Waals surface area contributed by atoms with Gasteiger partial charge in [-0.05, 0) is 26.7 Å². The molecule has 0 aromatic carbocycles. The lowest BCUT2D eigenvalue weighted by molar-refractivity contribution is 0.265. The molecule has 0 aromatic heterocycles. The van der Waals surface area contributed by atoms with Crippen molar-refractivity contribution in [2.75, 3.05) is 57.3 Å². The van der Waals surface area contributed by atoms with Crippen molar-refractivity contribution in [3.63, 3.8) is 0 Å². The highest BCUT2D eigenvalue weighted by atomic mass is 32.2. The summed E-state index contributed by atoms with van der Waals surface area (Å²) in [6.07, 6.45) is 0. The molecule has 146 valence electrons. The molecule has 25 heavy (non-hydrogen) atoms. The highest BCUT2D eigenvalue weighted by Gasteiger charge is 2.31. The highest BCUT2D eigenvalue weighted by molar-refractivity contribution is 7.91. The largest absolute Gasteiger partial charge is 0.357 e. The number of guanidine groups is 1. The molecule has 2 fully saturated rings. The minimum Gasteiger partial charge on any atom is -0.357 e. The van der Waals surface area contributed by atoms with E-state index in [1.165, 1.54) is 0 Å². The third-order valence-electron chi connectivity index (χ3n) is 5.16. The number of likely N-dealkylation sites (tertiary alicyclic amines) is 1. The predicted octanol–water partition coefficient (Wildman–Crippen LogP) is 0.000600. The zero-order valence-electron chi connectivity index (χ0n) is 16.2. The molecule has 8 heteroatoms. The fraction of sp³-hybridized carbons (Fsp3) is 0.941. The molecule has 2 N–H and O–H groups in total. The summed E-state index contributed by atoms with van der Waals surface area (Å²) in [5, 5.41) is 6.92. The molecule has 0 aromatic rings. The van der Waals surface area contributed by atoms with Gasteiger partial charge >= 0.3 is 0 Å². The molecule has 2 aliphatic heterocycles. The fourth-order valence-electron chi connectivity index (χ4n) is 3.39. The van der Waals surface area contributed by atoms with E-state index < -0.39 is 9.84 Å². The first-order valence-corrected chi connectivity index (χ1v) is 11.3. The molecule has 7 nitrogen and oxygen atoms in total. The topological polar surface area (TPSA) is 77.0 Å². The summed E-state index contributed by atoms with van der Waals surface area (Å²) in [6.45, 7) is 14.6. The van der Waals surface area contributed by atoms with E-state index in [2.05, 4.69) is 48.1 Å². The van der Waals surface area contributed by atoms with E-state index >= 15 is 0 Å². The maximum Gasteiger partial charge on any atom is 0.191 e. The summed E-state index contributed by atoms with van der Waals surface area (Å²) in [7, 11) is -2.81. The Hall–Kier alpha value is -0.860. The lowest BCUT2D eigenvalue weighted by Gasteiger charge is -2.26. The highest BCUT2D eigenvalue weighted by Crippen LogP contribution is 2.18. The van der Waals surface area contributed by atoms with Crippen LogP contribution in [0, 0.1) is 5.92 Å². The molecule has 2 rings (SSSR count). The SMILES string of the molecule is CCNC(=NCCN1CCS(=O)(=O)CC1)NC1CN(C(C)C)CC1C. The van der Waals surface area contributed by atoms with Gasteiger partial charge in [0.25, 0.3) is 0 Å². The Morgan fingerprint density at radius 2 is 1.92 bits per heavy atom. The van der Waals surface area contributed by atoms with Crippen molar-refractivity contribution in [3.05, 3.63) is 0 Å². The fourth-order valence-corrected chi connectivity index (χ4v) is 4.66. The molecule has 2 aliphatic rings. The molecule has 2 saturated heterocycles. The smallest absolute Gasteiger partial charge is 0.191 e. The summed E-state index contributed by atoms with van der Waals surface area (Å²) in [5.74, 6) is 2.02. The molecular weight excluding hydrogens is 338 g/mol. The van der Waals surface area contributed by atoms with Gasteiger partial charge in [0.2, 0.25) is 0 Å². The van der Waals surface area contributed by atoms with Crippen LogP contribution >= 0.6 is 0 Å². The minimum absolute atomic E-state index is 0.277. The van der Waals surface area contributed by atoms with Crippen LogP contribution in [0.4, 0.5) is 0 Å². The molecule has 2 atom stereocenters. The van der Waals surface area contributed by atoms with Gasteiger partial charge in [0.05, 0.1) is 18.1 Å². The number of sulfone groups is 1. The number of rotatable bonds is 6. The standard InChI is InChI=1S/C17H35N5O2S/c1-5-18-17(20-16-13-22(14(2)3)12-15(16)4)19-6-7-21-8-10-25(23,24)11-9-21/h14-16H,5-13H2,1-4H3,(H2,18,19,20). The molecular formula is C17H35N5O2S. The van der Waals surface area contributed by atoms with Gasteiger partial charge in [-0.2, -0.15) is 0 Å². The first-order chi connectivity index (χ1) is 11.8. The zero-order chi connectivity index (χ0) is 18.4. The Labute approximate surface area is 153 Å². The van der Waals surface area contributed by atoms with Gasteiger partial charge in [-0.3, -0.25) is 14.8 Å². The van der Waals surface area contributed by atoms with Crippen LogP contribution in [0.2, 0.25) is 0 Å². The first kappa shape index (κ1) is 20.5. The van der Waals surface area contributed by atoms with Gasteiger partial charge in [0.15, 0.2) is 15.8 Å². The average molecular weight is 374 g/mol. The second-order valence-corrected chi connectivity index (χ2v) is 9.83. The van der Waals surface area contributed by atoms with Crippen molar-refractivity contribution >= 4 is 15.8 Å². The lowest BCUT2D eigenvalue weighted by atomic mass is 10.1. The van der Waals surface area contributed by atoms with E-state index in [9.17, 15) is 8.42 Å².